The molecule has 0 amide bonds. The predicted molar refractivity (Wildman–Crippen MR) is 183 cm³/mol. The normalized spacial score (nSPS) is 10.6. The highest BCUT2D eigenvalue weighted by atomic mass is 16.5. The van der Waals surface area contributed by atoms with Gasteiger partial charge in [-0.1, -0.05) is 114 Å². The molecule has 0 heterocycles. The van der Waals surface area contributed by atoms with E-state index in [1.807, 2.05) is 12.1 Å². The maximum atomic E-state index is 9.19. The molecule has 222 valence electrons. The van der Waals surface area contributed by atoms with Gasteiger partial charge in [-0.25, -0.2) is 0 Å². The summed E-state index contributed by atoms with van der Waals surface area (Å²) < 4.78 is 5.30. The zero-order chi connectivity index (χ0) is 30.5. The van der Waals surface area contributed by atoms with Gasteiger partial charge in [0, 0.05) is 0 Å². The molecule has 5 aromatic carbocycles. The molecule has 2 heteroatoms. The molecule has 0 aliphatic rings. The van der Waals surface area contributed by atoms with Gasteiger partial charge >= 0.3 is 0 Å². The van der Waals surface area contributed by atoms with Crippen LogP contribution in [0.2, 0.25) is 0 Å². The number of benzene rings is 5. The highest BCUT2D eigenvalue weighted by Gasteiger charge is 2.07. The van der Waals surface area contributed by atoms with E-state index < -0.39 is 0 Å². The SMILES string of the molecule is CCc1cc(OC)c(CC)cc1CO.CCc1ccc2cc(CC)ccc2c1.CCc1cccc2c(CC)cccc12. The molecule has 0 aromatic heterocycles. The molecule has 0 bridgehead atoms. The molecule has 5 rings (SSSR count). The van der Waals surface area contributed by atoms with Crippen molar-refractivity contribution in [2.75, 3.05) is 7.11 Å². The smallest absolute Gasteiger partial charge is 0.122 e. The van der Waals surface area contributed by atoms with Gasteiger partial charge in [-0.2, -0.15) is 0 Å². The zero-order valence-corrected chi connectivity index (χ0v) is 26.9. The van der Waals surface area contributed by atoms with Crippen molar-refractivity contribution in [1.82, 2.24) is 0 Å². The van der Waals surface area contributed by atoms with E-state index in [-0.39, 0.29) is 6.61 Å². The highest BCUT2D eigenvalue weighted by molar-refractivity contribution is 5.88. The molecule has 0 unspecified atom stereocenters. The summed E-state index contributed by atoms with van der Waals surface area (Å²) in [6.07, 6.45) is 6.32. The van der Waals surface area contributed by atoms with Crippen molar-refractivity contribution in [3.05, 3.63) is 124 Å². The van der Waals surface area contributed by atoms with Gasteiger partial charge in [-0.15, -0.1) is 0 Å². The van der Waals surface area contributed by atoms with Crippen LogP contribution in [0.4, 0.5) is 0 Å². The maximum Gasteiger partial charge on any atom is 0.122 e. The molecular weight excluding hydrogens is 512 g/mol. The third kappa shape index (κ3) is 8.23. The largest absolute Gasteiger partial charge is 0.496 e. The Hall–Kier alpha value is -3.62. The fraction of sp³-hybridized carbons (Fsp3) is 0.350. The van der Waals surface area contributed by atoms with Crippen LogP contribution < -0.4 is 4.74 Å². The molecule has 42 heavy (non-hydrogen) atoms. The molecule has 0 aliphatic heterocycles. The van der Waals surface area contributed by atoms with Crippen LogP contribution in [-0.4, -0.2) is 12.2 Å². The minimum atomic E-state index is 0.111. The van der Waals surface area contributed by atoms with Gasteiger partial charge in [-0.3, -0.25) is 0 Å². The van der Waals surface area contributed by atoms with Gasteiger partial charge in [0.2, 0.25) is 0 Å². The first-order chi connectivity index (χ1) is 20.5. The van der Waals surface area contributed by atoms with E-state index in [2.05, 4.69) is 114 Å². The Kier molecular flexibility index (Phi) is 13.1. The van der Waals surface area contributed by atoms with Crippen LogP contribution in [-0.2, 0) is 45.1 Å². The third-order valence-electron chi connectivity index (χ3n) is 8.18. The van der Waals surface area contributed by atoms with E-state index >= 15 is 0 Å². The van der Waals surface area contributed by atoms with Crippen LogP contribution in [0.25, 0.3) is 21.5 Å². The van der Waals surface area contributed by atoms with E-state index in [0.29, 0.717) is 0 Å². The van der Waals surface area contributed by atoms with Gasteiger partial charge in [-0.05, 0) is 111 Å². The topological polar surface area (TPSA) is 29.5 Å². The molecule has 0 saturated carbocycles. The summed E-state index contributed by atoms with van der Waals surface area (Å²) in [7, 11) is 1.69. The molecule has 2 nitrogen and oxygen atoms in total. The van der Waals surface area contributed by atoms with Crippen molar-refractivity contribution in [2.24, 2.45) is 0 Å². The minimum absolute atomic E-state index is 0.111. The van der Waals surface area contributed by atoms with E-state index in [9.17, 15) is 5.11 Å². The lowest BCUT2D eigenvalue weighted by Gasteiger charge is -2.12. The summed E-state index contributed by atoms with van der Waals surface area (Å²) in [6, 6.07) is 30.8. The molecular formula is C40H50O2. The van der Waals surface area contributed by atoms with Gasteiger partial charge in [0.15, 0.2) is 0 Å². The van der Waals surface area contributed by atoms with Crippen molar-refractivity contribution < 1.29 is 9.84 Å². The van der Waals surface area contributed by atoms with Crippen LogP contribution in [0.5, 0.6) is 5.75 Å². The second kappa shape index (κ2) is 16.7. The summed E-state index contributed by atoms with van der Waals surface area (Å²) in [6.45, 7) is 13.1. The van der Waals surface area contributed by atoms with Crippen molar-refractivity contribution in [2.45, 2.75) is 86.7 Å². The summed E-state index contributed by atoms with van der Waals surface area (Å²) in [5, 5.41) is 14.8. The first-order valence-corrected chi connectivity index (χ1v) is 15.8. The number of hydrogen-bond donors (Lipinski definition) is 1. The Morgan fingerprint density at radius 3 is 1.33 bits per heavy atom. The molecule has 0 radical (unpaired) electrons. The van der Waals surface area contributed by atoms with Crippen LogP contribution in [0.3, 0.4) is 0 Å². The lowest BCUT2D eigenvalue weighted by Crippen LogP contribution is -1.98. The zero-order valence-electron chi connectivity index (χ0n) is 26.9. The average molecular weight is 563 g/mol. The van der Waals surface area contributed by atoms with Crippen molar-refractivity contribution in [3.8, 4) is 5.75 Å². The number of methoxy groups -OCH3 is 1. The van der Waals surface area contributed by atoms with E-state index in [1.54, 1.807) is 7.11 Å². The van der Waals surface area contributed by atoms with Crippen LogP contribution in [0, 0.1) is 0 Å². The number of aliphatic hydroxyl groups excluding tert-OH is 1. The number of ether oxygens (including phenoxy) is 1. The Balaban J connectivity index is 0.000000173. The van der Waals surface area contributed by atoms with Gasteiger partial charge in [0.1, 0.15) is 5.75 Å². The average Bonchev–Trinajstić information content (AvgIpc) is 3.06. The lowest BCUT2D eigenvalue weighted by atomic mass is 9.98. The fourth-order valence-electron chi connectivity index (χ4n) is 5.50. The van der Waals surface area contributed by atoms with Crippen molar-refractivity contribution in [1.29, 1.82) is 0 Å². The standard InChI is InChI=1S/2C14H16.C12H18O2/c1-3-11-5-7-14-10-12(4-2)6-8-13(14)9-11;1-3-11-7-5-10-14-12(4-2)8-6-9-13(11)14;1-4-9-7-12(14-3)10(5-2)6-11(9)8-13/h2*5-10H,3-4H2,1-2H3;6-7,13H,4-5,8H2,1-3H3. The second-order valence-corrected chi connectivity index (χ2v) is 10.7. The Morgan fingerprint density at radius 2 is 0.952 bits per heavy atom. The third-order valence-corrected chi connectivity index (χ3v) is 8.18. The highest BCUT2D eigenvalue weighted by Crippen LogP contribution is 2.25. The summed E-state index contributed by atoms with van der Waals surface area (Å²) in [5.74, 6) is 0.932. The first kappa shape index (κ1) is 32.9. The lowest BCUT2D eigenvalue weighted by molar-refractivity contribution is 0.280. The molecule has 5 aromatic rings. The maximum absolute atomic E-state index is 9.19. The van der Waals surface area contributed by atoms with Gasteiger partial charge in [0.05, 0.1) is 13.7 Å². The molecule has 0 atom stereocenters. The summed E-state index contributed by atoms with van der Waals surface area (Å²) in [5.41, 5.74) is 9.10. The summed E-state index contributed by atoms with van der Waals surface area (Å²) >= 11 is 0. The van der Waals surface area contributed by atoms with Crippen molar-refractivity contribution in [3.63, 3.8) is 0 Å². The fourth-order valence-corrected chi connectivity index (χ4v) is 5.50. The molecule has 0 saturated heterocycles. The number of fused-ring (bicyclic) bond motifs is 2. The van der Waals surface area contributed by atoms with E-state index in [1.165, 1.54) is 49.4 Å². The number of aliphatic hydroxyl groups is 1. The molecule has 0 fully saturated rings. The number of aryl methyl sites for hydroxylation is 6. The quantitative estimate of drug-likeness (QED) is 0.204. The molecule has 0 aliphatic carbocycles. The van der Waals surface area contributed by atoms with Crippen LogP contribution in [0.15, 0.2) is 84.9 Å². The predicted octanol–water partition coefficient (Wildman–Crippen LogP) is 10.2. The molecule has 1 N–H and O–H groups in total. The van der Waals surface area contributed by atoms with E-state index in [4.69, 9.17) is 4.74 Å². The number of hydrogen-bond acceptors (Lipinski definition) is 2. The van der Waals surface area contributed by atoms with Crippen molar-refractivity contribution >= 4 is 21.5 Å². The minimum Gasteiger partial charge on any atom is -0.496 e. The second-order valence-electron chi connectivity index (χ2n) is 10.7. The number of rotatable bonds is 8. The first-order valence-electron chi connectivity index (χ1n) is 15.8. The molecule has 0 spiro atoms. The Bertz CT molecular complexity index is 1420. The van der Waals surface area contributed by atoms with Crippen LogP contribution >= 0.6 is 0 Å². The van der Waals surface area contributed by atoms with Crippen LogP contribution in [0.1, 0.15) is 80.5 Å². The Labute approximate surface area is 254 Å². The van der Waals surface area contributed by atoms with E-state index in [0.717, 1.165) is 55.4 Å². The monoisotopic (exact) mass is 562 g/mol. The Morgan fingerprint density at radius 1 is 0.476 bits per heavy atom. The summed E-state index contributed by atoms with van der Waals surface area (Å²) in [4.78, 5) is 0. The van der Waals surface area contributed by atoms with Gasteiger partial charge in [0.25, 0.3) is 0 Å². The van der Waals surface area contributed by atoms with Gasteiger partial charge < -0.3 is 9.84 Å².